The predicted octanol–water partition coefficient (Wildman–Crippen LogP) is 8.72. The van der Waals surface area contributed by atoms with Crippen molar-refractivity contribution in [1.29, 1.82) is 10.5 Å². The molecule has 45 heavy (non-hydrogen) atoms. The molecule has 0 radical (unpaired) electrons. The summed E-state index contributed by atoms with van der Waals surface area (Å²) in [5, 5.41) is 31.2. The van der Waals surface area contributed by atoms with Gasteiger partial charge in [0.15, 0.2) is 0 Å². The molecule has 2 aromatic carbocycles. The van der Waals surface area contributed by atoms with Crippen molar-refractivity contribution in [2.75, 3.05) is 0 Å². The lowest BCUT2D eigenvalue weighted by Crippen LogP contribution is -2.17. The molecule has 4 aromatic heterocycles. The van der Waals surface area contributed by atoms with Gasteiger partial charge in [0.05, 0.1) is 52.5 Å². The molecular formula is C32H15N8S5-. The van der Waals surface area contributed by atoms with Crippen LogP contribution >= 0.6 is 58.9 Å². The molecule has 0 aliphatic heterocycles. The molecule has 214 valence electrons. The molecule has 0 unspecified atom stereocenters. The second-order valence-electron chi connectivity index (χ2n) is 9.58. The van der Waals surface area contributed by atoms with Gasteiger partial charge in [-0.25, -0.2) is 4.40 Å². The van der Waals surface area contributed by atoms with Crippen molar-refractivity contribution in [1.82, 2.24) is 17.5 Å². The minimum absolute atomic E-state index is 0.00428. The third-order valence-electron chi connectivity index (χ3n) is 7.00. The normalized spacial score (nSPS) is 14.9. The van der Waals surface area contributed by atoms with Gasteiger partial charge in [-0.15, -0.1) is 28.4 Å². The van der Waals surface area contributed by atoms with Crippen LogP contribution in [0.3, 0.4) is 0 Å². The molecule has 0 amide bonds. The van der Waals surface area contributed by atoms with Crippen LogP contribution in [0.5, 0.6) is 0 Å². The van der Waals surface area contributed by atoms with Crippen molar-refractivity contribution in [2.45, 2.75) is 0 Å². The van der Waals surface area contributed by atoms with Crippen LogP contribution in [-0.4, -0.2) is 28.9 Å². The molecule has 8 nitrogen and oxygen atoms in total. The average Bonchev–Trinajstić information content (AvgIpc) is 3.89. The number of thiol groups is 1. The topological polar surface area (TPSA) is 134 Å². The Morgan fingerprint density at radius 2 is 1.22 bits per heavy atom. The maximum absolute atomic E-state index is 11.3. The Morgan fingerprint density at radius 3 is 1.73 bits per heavy atom. The SMILES string of the molecule is N#C/C(=C\c1ccc(C2=CC=C(c3ccc(/C=C(\C#N)c4cccc5nsnc45)s3)C(=NS)C2=[N-])s1)c1cccc2nsnc12. The number of thiophene rings is 2. The molecule has 0 saturated carbocycles. The summed E-state index contributed by atoms with van der Waals surface area (Å²) in [6.45, 7) is 0. The summed E-state index contributed by atoms with van der Waals surface area (Å²) in [4.78, 5) is 3.39. The first-order valence-corrected chi connectivity index (χ1v) is 16.7. The number of fused-ring (bicyclic) bond motifs is 2. The largest absolute Gasteiger partial charge is 0.802 e. The quantitative estimate of drug-likeness (QED) is 0.107. The van der Waals surface area contributed by atoms with Crippen LogP contribution in [0.2, 0.25) is 0 Å². The highest BCUT2D eigenvalue weighted by atomic mass is 32.1. The Balaban J connectivity index is 1.19. The van der Waals surface area contributed by atoms with E-state index in [0.717, 1.165) is 65.1 Å². The summed E-state index contributed by atoms with van der Waals surface area (Å²) < 4.78 is 21.4. The van der Waals surface area contributed by atoms with Gasteiger partial charge in [-0.1, -0.05) is 36.4 Å². The number of nitriles is 2. The van der Waals surface area contributed by atoms with Gasteiger partial charge in [-0.3, -0.25) is 0 Å². The highest BCUT2D eigenvalue weighted by Crippen LogP contribution is 2.37. The number of nitrogens with zero attached hydrogens (tertiary/aromatic N) is 8. The Hall–Kier alpha value is -4.89. The Labute approximate surface area is 278 Å². The van der Waals surface area contributed by atoms with Crippen LogP contribution in [0.25, 0.3) is 61.9 Å². The second-order valence-corrected chi connectivity index (χ2v) is 13.1. The monoisotopic (exact) mass is 671 g/mol. The van der Waals surface area contributed by atoms with Crippen molar-refractivity contribution in [3.63, 3.8) is 0 Å². The maximum atomic E-state index is 11.3. The average molecular weight is 672 g/mol. The molecule has 0 atom stereocenters. The third kappa shape index (κ3) is 5.37. The number of benzene rings is 2. The Morgan fingerprint density at radius 1 is 0.711 bits per heavy atom. The zero-order valence-corrected chi connectivity index (χ0v) is 26.9. The lowest BCUT2D eigenvalue weighted by Gasteiger charge is -2.23. The number of hydrogen-bond acceptors (Lipinski definition) is 12. The van der Waals surface area contributed by atoms with Gasteiger partial charge >= 0.3 is 0 Å². The molecule has 6 aromatic rings. The van der Waals surface area contributed by atoms with Crippen molar-refractivity contribution in [3.05, 3.63) is 109 Å². The molecular weight excluding hydrogens is 657 g/mol. The zero-order chi connectivity index (χ0) is 30.9. The van der Waals surface area contributed by atoms with E-state index in [4.69, 9.17) is 0 Å². The van der Waals surface area contributed by atoms with Gasteiger partial charge in [-0.05, 0) is 66.9 Å². The zero-order valence-electron chi connectivity index (χ0n) is 22.7. The molecule has 1 aliphatic rings. The number of rotatable bonds is 6. The lowest BCUT2D eigenvalue weighted by molar-refractivity contribution is 1.52. The third-order valence-corrected chi connectivity index (χ3v) is 10.4. The van der Waals surface area contributed by atoms with E-state index in [2.05, 4.69) is 46.8 Å². The van der Waals surface area contributed by atoms with E-state index < -0.39 is 0 Å². The van der Waals surface area contributed by atoms with Gasteiger partial charge in [-0.2, -0.15) is 28.0 Å². The van der Waals surface area contributed by atoms with E-state index in [1.54, 1.807) is 0 Å². The summed E-state index contributed by atoms with van der Waals surface area (Å²) in [5.74, 6) is 0. The first-order chi connectivity index (χ1) is 22.1. The predicted molar refractivity (Wildman–Crippen MR) is 191 cm³/mol. The van der Waals surface area contributed by atoms with Gasteiger partial charge < -0.3 is 5.41 Å². The van der Waals surface area contributed by atoms with Gasteiger partial charge in [0.1, 0.15) is 22.1 Å². The van der Waals surface area contributed by atoms with E-state index in [1.807, 2.05) is 85.0 Å². The summed E-state index contributed by atoms with van der Waals surface area (Å²) in [7, 11) is 0. The van der Waals surface area contributed by atoms with Crippen LogP contribution in [0.1, 0.15) is 30.6 Å². The lowest BCUT2D eigenvalue weighted by atomic mass is 9.92. The first-order valence-electron chi connectivity index (χ1n) is 13.2. The van der Waals surface area contributed by atoms with Crippen molar-refractivity contribution in [2.24, 2.45) is 4.40 Å². The van der Waals surface area contributed by atoms with Crippen LogP contribution in [-0.2, 0) is 0 Å². The van der Waals surface area contributed by atoms with Gasteiger partial charge in [0, 0.05) is 36.2 Å². The smallest absolute Gasteiger partial charge is 0.113 e. The van der Waals surface area contributed by atoms with Crippen LogP contribution < -0.4 is 0 Å². The van der Waals surface area contributed by atoms with Crippen molar-refractivity contribution >= 4 is 127 Å². The Kier molecular flexibility index (Phi) is 7.85. The van der Waals surface area contributed by atoms with Crippen molar-refractivity contribution < 1.29 is 0 Å². The maximum Gasteiger partial charge on any atom is 0.113 e. The number of aromatic nitrogens is 4. The van der Waals surface area contributed by atoms with Gasteiger partial charge in [0.25, 0.3) is 0 Å². The summed E-state index contributed by atoms with van der Waals surface area (Å²) in [5.41, 5.74) is 7.01. The van der Waals surface area contributed by atoms with Gasteiger partial charge in [0.2, 0.25) is 0 Å². The van der Waals surface area contributed by atoms with Crippen LogP contribution in [0.4, 0.5) is 0 Å². The minimum Gasteiger partial charge on any atom is -0.802 e. The molecule has 0 bridgehead atoms. The standard InChI is InChI=1S/C32H15N8S5/c33-15-17(21-3-1-5-25-30(21)39-44-37-25)13-19-7-11-27(42-19)23-9-10-24(32(36-41)29(23)35)28-12-8-20(43-28)14-18(16-34)22-4-2-6-26-31(22)40-45-38-26/h1-14,41H/q-1/b17-13+,18-14+,36-32?. The fraction of sp³-hybridized carbons (Fsp3) is 0. The van der Waals surface area contributed by atoms with E-state index >= 15 is 0 Å². The van der Waals surface area contributed by atoms with Crippen LogP contribution in [0.15, 0.2) is 77.2 Å². The molecule has 0 spiro atoms. The highest BCUT2D eigenvalue weighted by Gasteiger charge is 2.20. The fourth-order valence-corrected chi connectivity index (χ4v) is 8.16. The fourth-order valence-electron chi connectivity index (χ4n) is 4.90. The molecule has 4 heterocycles. The molecule has 0 N–H and O–H groups in total. The Bertz CT molecular complexity index is 2400. The summed E-state index contributed by atoms with van der Waals surface area (Å²) >= 11 is 9.34. The van der Waals surface area contributed by atoms with E-state index in [-0.39, 0.29) is 5.71 Å². The molecule has 0 fully saturated rings. The van der Waals surface area contributed by atoms with Crippen LogP contribution in [0, 0.1) is 22.7 Å². The van der Waals surface area contributed by atoms with E-state index in [9.17, 15) is 15.9 Å². The summed E-state index contributed by atoms with van der Waals surface area (Å²) in [6, 6.07) is 23.5. The minimum atomic E-state index is 0.00428. The second kappa shape index (κ2) is 12.2. The summed E-state index contributed by atoms with van der Waals surface area (Å²) in [6.07, 6.45) is 7.41. The van der Waals surface area contributed by atoms with Crippen molar-refractivity contribution in [3.8, 4) is 12.1 Å². The first kappa shape index (κ1) is 28.9. The molecule has 13 heteroatoms. The molecule has 7 rings (SSSR count). The van der Waals surface area contributed by atoms with E-state index in [0.29, 0.717) is 39.0 Å². The number of hydrogen-bond donors (Lipinski definition) is 1. The van der Waals surface area contributed by atoms with E-state index in [1.165, 1.54) is 22.7 Å². The molecule has 1 aliphatic carbocycles. The highest BCUT2D eigenvalue weighted by molar-refractivity contribution is 7.79. The molecule has 0 saturated heterocycles. The number of allylic oxidation sites excluding steroid dienone is 6.